The SMILES string of the molecule is CCOC(=O)[C@]12[C@H](C3O[C@@H](COCc4ccccc4)[C@H](COCc4ccccc4)O3)[C@@H]3CC[C@@]1(OCc1ccccc1)[C@H]2C3=O. The number of esters is 1. The molecule has 8 nitrogen and oxygen atoms in total. The van der Waals surface area contributed by atoms with E-state index in [0.29, 0.717) is 32.7 Å². The van der Waals surface area contributed by atoms with Crippen LogP contribution in [0.3, 0.4) is 0 Å². The quantitative estimate of drug-likeness (QED) is 0.228. The number of benzene rings is 3. The minimum Gasteiger partial charge on any atom is -0.465 e. The highest BCUT2D eigenvalue weighted by atomic mass is 16.7. The second-order valence-electron chi connectivity index (χ2n) is 12.5. The maximum absolute atomic E-state index is 13.9. The maximum atomic E-state index is 13.9. The smallest absolute Gasteiger partial charge is 0.316 e. The summed E-state index contributed by atoms with van der Waals surface area (Å²) in [6.45, 7) is 3.73. The van der Waals surface area contributed by atoms with Crippen LogP contribution in [0.2, 0.25) is 0 Å². The molecular formula is C37H40O8. The number of rotatable bonds is 14. The molecule has 1 aliphatic heterocycles. The maximum Gasteiger partial charge on any atom is 0.316 e. The molecule has 0 aromatic heterocycles. The summed E-state index contributed by atoms with van der Waals surface area (Å²) in [7, 11) is 0. The first-order chi connectivity index (χ1) is 22.1. The monoisotopic (exact) mass is 612 g/mol. The topological polar surface area (TPSA) is 89.5 Å². The van der Waals surface area contributed by atoms with Crippen molar-refractivity contribution in [3.8, 4) is 0 Å². The Hall–Kier alpha value is -3.40. The molecule has 0 N–H and O–H groups in total. The minimum atomic E-state index is -1.14. The summed E-state index contributed by atoms with van der Waals surface area (Å²) < 4.78 is 37.7. The lowest BCUT2D eigenvalue weighted by molar-refractivity contribution is -0.194. The number of hydrogen-bond acceptors (Lipinski definition) is 8. The molecule has 236 valence electrons. The van der Waals surface area contributed by atoms with Crippen molar-refractivity contribution >= 4 is 11.8 Å². The Kier molecular flexibility index (Phi) is 8.59. The summed E-state index contributed by atoms with van der Waals surface area (Å²) in [5.74, 6) is -1.78. The summed E-state index contributed by atoms with van der Waals surface area (Å²) in [4.78, 5) is 27.8. The highest BCUT2D eigenvalue weighted by Gasteiger charge is 2.95. The third-order valence-corrected chi connectivity index (χ3v) is 10.0. The molecule has 0 amide bonds. The largest absolute Gasteiger partial charge is 0.465 e. The third-order valence-electron chi connectivity index (χ3n) is 10.0. The molecule has 4 saturated carbocycles. The molecule has 4 bridgehead atoms. The molecular weight excluding hydrogens is 572 g/mol. The highest BCUT2D eigenvalue weighted by Crippen LogP contribution is 2.81. The van der Waals surface area contributed by atoms with Gasteiger partial charge in [0.25, 0.3) is 0 Å². The van der Waals surface area contributed by atoms with E-state index in [9.17, 15) is 9.59 Å². The standard InChI is InChI=1S/C37H40O8/c1-2-42-35(39)37-31(28-18-19-36(37,33(37)32(28)38)43-22-27-16-10-5-11-17-27)34-44-29(23-40-20-25-12-6-3-7-13-25)30(45-34)24-41-21-26-14-8-4-9-15-26/h3-17,28-31,33-34H,2,18-24H2,1H3/t28-,29-,30-,31-,33+,36+,37+/m0/s1. The van der Waals surface area contributed by atoms with Crippen LogP contribution in [0.25, 0.3) is 0 Å². The van der Waals surface area contributed by atoms with Crippen molar-refractivity contribution in [3.05, 3.63) is 108 Å². The highest BCUT2D eigenvalue weighted by molar-refractivity contribution is 6.05. The van der Waals surface area contributed by atoms with Crippen LogP contribution in [0.4, 0.5) is 0 Å². The van der Waals surface area contributed by atoms with Gasteiger partial charge in [-0.25, -0.2) is 0 Å². The fourth-order valence-corrected chi connectivity index (χ4v) is 8.10. The summed E-state index contributed by atoms with van der Waals surface area (Å²) in [5, 5.41) is 0. The number of fused-ring (bicyclic) bond motifs is 1. The molecule has 8 rings (SSSR count). The van der Waals surface area contributed by atoms with E-state index in [-0.39, 0.29) is 31.5 Å². The van der Waals surface area contributed by atoms with Gasteiger partial charge in [0, 0.05) is 11.8 Å². The van der Waals surface area contributed by atoms with Crippen LogP contribution in [0.5, 0.6) is 0 Å². The van der Waals surface area contributed by atoms with Crippen molar-refractivity contribution < 1.29 is 38.0 Å². The third kappa shape index (κ3) is 5.32. The molecule has 45 heavy (non-hydrogen) atoms. The van der Waals surface area contributed by atoms with Crippen LogP contribution in [0.1, 0.15) is 36.5 Å². The Labute approximate surface area is 263 Å². The van der Waals surface area contributed by atoms with Crippen molar-refractivity contribution in [1.82, 2.24) is 0 Å². The number of ketones is 1. The number of carbonyl (C=O) groups excluding carboxylic acids is 2. The zero-order valence-electron chi connectivity index (χ0n) is 25.5. The summed E-state index contributed by atoms with van der Waals surface area (Å²) >= 11 is 0. The van der Waals surface area contributed by atoms with Crippen molar-refractivity contribution in [2.45, 2.75) is 63.7 Å². The van der Waals surface area contributed by atoms with Crippen LogP contribution >= 0.6 is 0 Å². The molecule has 4 aliphatic carbocycles. The molecule has 3 aromatic rings. The van der Waals surface area contributed by atoms with E-state index in [0.717, 1.165) is 16.7 Å². The van der Waals surface area contributed by atoms with E-state index in [4.69, 9.17) is 28.4 Å². The molecule has 0 spiro atoms. The molecule has 8 heteroatoms. The first-order valence-corrected chi connectivity index (χ1v) is 16.0. The van der Waals surface area contributed by atoms with Crippen LogP contribution in [0, 0.1) is 23.2 Å². The van der Waals surface area contributed by atoms with Crippen LogP contribution in [-0.2, 0) is 57.8 Å². The number of Topliss-reactive ketones (excluding diaryl/α,β-unsaturated/α-hetero) is 1. The molecule has 3 aromatic carbocycles. The predicted molar refractivity (Wildman–Crippen MR) is 163 cm³/mol. The van der Waals surface area contributed by atoms with Gasteiger partial charge in [0.2, 0.25) is 0 Å². The average Bonchev–Trinajstić information content (AvgIpc) is 3.40. The van der Waals surface area contributed by atoms with E-state index in [2.05, 4.69) is 0 Å². The molecule has 5 fully saturated rings. The number of hydrogen-bond donors (Lipinski definition) is 0. The number of carbonyl (C=O) groups is 2. The fraction of sp³-hybridized carbons (Fsp3) is 0.459. The van der Waals surface area contributed by atoms with E-state index in [1.165, 1.54) is 0 Å². The first kappa shape index (κ1) is 30.3. The molecule has 1 saturated heterocycles. The van der Waals surface area contributed by atoms with Gasteiger partial charge >= 0.3 is 5.97 Å². The van der Waals surface area contributed by atoms with Gasteiger partial charge in [-0.2, -0.15) is 0 Å². The van der Waals surface area contributed by atoms with Crippen molar-refractivity contribution in [1.29, 1.82) is 0 Å². The Balaban J connectivity index is 1.12. The Morgan fingerprint density at radius 2 is 1.29 bits per heavy atom. The van der Waals surface area contributed by atoms with E-state index >= 15 is 0 Å². The van der Waals surface area contributed by atoms with E-state index < -0.39 is 47.3 Å². The zero-order chi connectivity index (χ0) is 30.9. The van der Waals surface area contributed by atoms with Crippen LogP contribution in [-0.4, -0.2) is 55.7 Å². The fourth-order valence-electron chi connectivity index (χ4n) is 8.10. The van der Waals surface area contributed by atoms with Gasteiger partial charge in [-0.05, 0) is 36.5 Å². The van der Waals surface area contributed by atoms with Gasteiger partial charge in [-0.1, -0.05) is 91.0 Å². The Bertz CT molecular complexity index is 1410. The predicted octanol–water partition coefficient (Wildman–Crippen LogP) is 5.27. The second kappa shape index (κ2) is 12.8. The first-order valence-electron chi connectivity index (χ1n) is 16.0. The van der Waals surface area contributed by atoms with Crippen molar-refractivity contribution in [2.75, 3.05) is 19.8 Å². The van der Waals surface area contributed by atoms with Crippen molar-refractivity contribution in [2.24, 2.45) is 23.2 Å². The number of ether oxygens (including phenoxy) is 6. The van der Waals surface area contributed by atoms with E-state index in [1.54, 1.807) is 6.92 Å². The molecule has 5 aliphatic rings. The van der Waals surface area contributed by atoms with Crippen molar-refractivity contribution in [3.63, 3.8) is 0 Å². The summed E-state index contributed by atoms with van der Waals surface area (Å²) in [5.41, 5.74) is 1.03. The Morgan fingerprint density at radius 1 is 0.778 bits per heavy atom. The molecule has 0 radical (unpaired) electrons. The van der Waals surface area contributed by atoms with Gasteiger partial charge < -0.3 is 28.4 Å². The van der Waals surface area contributed by atoms with Gasteiger partial charge in [-0.3, -0.25) is 9.59 Å². The second-order valence-corrected chi connectivity index (χ2v) is 12.5. The average molecular weight is 613 g/mol. The van der Waals surface area contributed by atoms with Gasteiger partial charge in [0.05, 0.1) is 51.2 Å². The lowest BCUT2D eigenvalue weighted by Gasteiger charge is -2.41. The van der Waals surface area contributed by atoms with Gasteiger partial charge in [-0.15, -0.1) is 0 Å². The lowest BCUT2D eigenvalue weighted by atomic mass is 9.69. The minimum absolute atomic E-state index is 0.0558. The summed E-state index contributed by atoms with van der Waals surface area (Å²) in [6, 6.07) is 29.8. The zero-order valence-corrected chi connectivity index (χ0v) is 25.5. The Morgan fingerprint density at radius 3 is 1.80 bits per heavy atom. The van der Waals surface area contributed by atoms with E-state index in [1.807, 2.05) is 91.0 Å². The van der Waals surface area contributed by atoms with Crippen LogP contribution < -0.4 is 0 Å². The normalized spacial score (nSPS) is 31.7. The summed E-state index contributed by atoms with van der Waals surface area (Å²) in [6.07, 6.45) is -0.450. The van der Waals surface area contributed by atoms with Gasteiger partial charge in [0.1, 0.15) is 23.4 Å². The van der Waals surface area contributed by atoms with Crippen LogP contribution in [0.15, 0.2) is 91.0 Å². The lowest BCUT2D eigenvalue weighted by Crippen LogP contribution is -2.51. The molecule has 1 heterocycles. The molecule has 0 unspecified atom stereocenters. The van der Waals surface area contributed by atoms with Gasteiger partial charge in [0.15, 0.2) is 6.29 Å². The molecule has 7 atom stereocenters.